The predicted octanol–water partition coefficient (Wildman–Crippen LogP) is 1.32. The Bertz CT molecular complexity index is 361. The molecule has 0 radical (unpaired) electrons. The second kappa shape index (κ2) is 4.79. The lowest BCUT2D eigenvalue weighted by Crippen LogP contribution is -2.26. The van der Waals surface area contributed by atoms with Gasteiger partial charge in [-0.3, -0.25) is 4.79 Å². The summed E-state index contributed by atoms with van der Waals surface area (Å²) in [7, 11) is 0. The maximum atomic E-state index is 11.6. The van der Waals surface area contributed by atoms with E-state index in [-0.39, 0.29) is 11.5 Å². The van der Waals surface area contributed by atoms with Gasteiger partial charge in [-0.05, 0) is 32.0 Å². The second-order valence-corrected chi connectivity index (χ2v) is 3.27. The standard InChI is InChI=1S/C11H15NO3/c1-3-15-10-6-8(4-5-9(10)13)11(14)7(2)12/h4-7,13H,3,12H2,1-2H3. The van der Waals surface area contributed by atoms with Crippen LogP contribution >= 0.6 is 0 Å². The zero-order chi connectivity index (χ0) is 11.4. The Labute approximate surface area is 88.7 Å². The van der Waals surface area contributed by atoms with Gasteiger partial charge in [0.2, 0.25) is 0 Å². The van der Waals surface area contributed by atoms with Crippen molar-refractivity contribution < 1.29 is 14.6 Å². The number of ether oxygens (including phenoxy) is 1. The first-order valence-electron chi connectivity index (χ1n) is 4.82. The first kappa shape index (κ1) is 11.5. The van der Waals surface area contributed by atoms with Gasteiger partial charge in [-0.2, -0.15) is 0 Å². The number of phenols is 1. The smallest absolute Gasteiger partial charge is 0.179 e. The maximum absolute atomic E-state index is 11.6. The van der Waals surface area contributed by atoms with Gasteiger partial charge < -0.3 is 15.6 Å². The summed E-state index contributed by atoms with van der Waals surface area (Å²) in [4.78, 5) is 11.6. The Morgan fingerprint density at radius 1 is 1.60 bits per heavy atom. The summed E-state index contributed by atoms with van der Waals surface area (Å²) >= 11 is 0. The highest BCUT2D eigenvalue weighted by molar-refractivity contribution is 6.00. The van der Waals surface area contributed by atoms with Crippen molar-refractivity contribution in [3.63, 3.8) is 0 Å². The van der Waals surface area contributed by atoms with Crippen molar-refractivity contribution >= 4 is 5.78 Å². The molecule has 4 heteroatoms. The van der Waals surface area contributed by atoms with Gasteiger partial charge in [0, 0.05) is 5.56 Å². The Balaban J connectivity index is 3.01. The first-order valence-corrected chi connectivity index (χ1v) is 4.82. The van der Waals surface area contributed by atoms with E-state index in [1.165, 1.54) is 18.2 Å². The van der Waals surface area contributed by atoms with E-state index < -0.39 is 6.04 Å². The molecule has 0 saturated heterocycles. The topological polar surface area (TPSA) is 72.5 Å². The number of Topliss-reactive ketones (excluding diaryl/α,β-unsaturated/α-hetero) is 1. The lowest BCUT2D eigenvalue weighted by molar-refractivity contribution is 0.0967. The van der Waals surface area contributed by atoms with E-state index in [4.69, 9.17) is 10.5 Å². The number of hydrogen-bond donors (Lipinski definition) is 2. The van der Waals surface area contributed by atoms with E-state index in [0.29, 0.717) is 17.9 Å². The first-order chi connectivity index (χ1) is 7.06. The molecule has 15 heavy (non-hydrogen) atoms. The van der Waals surface area contributed by atoms with Crippen LogP contribution in [0, 0.1) is 0 Å². The SMILES string of the molecule is CCOc1cc(C(=O)C(C)N)ccc1O. The fraction of sp³-hybridized carbons (Fsp3) is 0.364. The van der Waals surface area contributed by atoms with Gasteiger partial charge >= 0.3 is 0 Å². The zero-order valence-corrected chi connectivity index (χ0v) is 8.86. The molecule has 1 atom stereocenters. The lowest BCUT2D eigenvalue weighted by atomic mass is 10.1. The number of ketones is 1. The van der Waals surface area contributed by atoms with Crippen LogP contribution in [0.3, 0.4) is 0 Å². The quantitative estimate of drug-likeness (QED) is 0.733. The minimum absolute atomic E-state index is 0.0260. The molecule has 3 N–H and O–H groups in total. The summed E-state index contributed by atoms with van der Waals surface area (Å²) in [5, 5.41) is 9.42. The summed E-state index contributed by atoms with van der Waals surface area (Å²) in [5.41, 5.74) is 5.93. The summed E-state index contributed by atoms with van der Waals surface area (Å²) in [5.74, 6) is 0.165. The van der Waals surface area contributed by atoms with Crippen LogP contribution in [-0.2, 0) is 0 Å². The van der Waals surface area contributed by atoms with Gasteiger partial charge in [-0.15, -0.1) is 0 Å². The molecule has 0 fully saturated rings. The van der Waals surface area contributed by atoms with Gasteiger partial charge in [0.05, 0.1) is 12.6 Å². The third-order valence-corrected chi connectivity index (χ3v) is 1.96. The van der Waals surface area contributed by atoms with E-state index in [2.05, 4.69) is 0 Å². The number of aromatic hydroxyl groups is 1. The van der Waals surface area contributed by atoms with Crippen LogP contribution in [0.1, 0.15) is 24.2 Å². The van der Waals surface area contributed by atoms with E-state index in [0.717, 1.165) is 0 Å². The third-order valence-electron chi connectivity index (χ3n) is 1.96. The van der Waals surface area contributed by atoms with E-state index in [1.807, 2.05) is 0 Å². The van der Waals surface area contributed by atoms with Crippen molar-refractivity contribution in [2.45, 2.75) is 19.9 Å². The van der Waals surface area contributed by atoms with E-state index >= 15 is 0 Å². The molecular weight excluding hydrogens is 194 g/mol. The van der Waals surface area contributed by atoms with Crippen molar-refractivity contribution in [3.05, 3.63) is 23.8 Å². The average Bonchev–Trinajstić information content (AvgIpc) is 2.20. The molecule has 82 valence electrons. The fourth-order valence-corrected chi connectivity index (χ4v) is 1.20. The molecule has 0 aromatic heterocycles. The maximum Gasteiger partial charge on any atom is 0.179 e. The largest absolute Gasteiger partial charge is 0.504 e. The van der Waals surface area contributed by atoms with Gasteiger partial charge in [-0.25, -0.2) is 0 Å². The van der Waals surface area contributed by atoms with Gasteiger partial charge in [0.25, 0.3) is 0 Å². The molecule has 1 aromatic carbocycles. The number of carbonyl (C=O) groups excluding carboxylic acids is 1. The molecule has 0 aliphatic carbocycles. The molecular formula is C11H15NO3. The Kier molecular flexibility index (Phi) is 3.68. The minimum atomic E-state index is -0.552. The summed E-state index contributed by atoms with van der Waals surface area (Å²) in [6, 6.07) is 3.92. The molecule has 1 rings (SSSR count). The van der Waals surface area contributed by atoms with E-state index in [9.17, 15) is 9.90 Å². The highest BCUT2D eigenvalue weighted by Crippen LogP contribution is 2.27. The molecule has 0 heterocycles. The van der Waals surface area contributed by atoms with Crippen molar-refractivity contribution in [2.75, 3.05) is 6.61 Å². The van der Waals surface area contributed by atoms with Crippen molar-refractivity contribution in [1.29, 1.82) is 0 Å². The Morgan fingerprint density at radius 3 is 2.80 bits per heavy atom. The second-order valence-electron chi connectivity index (χ2n) is 3.27. The van der Waals surface area contributed by atoms with Crippen LogP contribution in [-0.4, -0.2) is 23.5 Å². The van der Waals surface area contributed by atoms with Crippen LogP contribution in [0.15, 0.2) is 18.2 Å². The van der Waals surface area contributed by atoms with Crippen molar-refractivity contribution in [2.24, 2.45) is 5.73 Å². The molecule has 0 spiro atoms. The highest BCUT2D eigenvalue weighted by atomic mass is 16.5. The average molecular weight is 209 g/mol. The van der Waals surface area contributed by atoms with Crippen LogP contribution < -0.4 is 10.5 Å². The normalized spacial score (nSPS) is 12.2. The summed E-state index contributed by atoms with van der Waals surface area (Å²) < 4.78 is 5.16. The van der Waals surface area contributed by atoms with Gasteiger partial charge in [0.15, 0.2) is 17.3 Å². The predicted molar refractivity (Wildman–Crippen MR) is 57.3 cm³/mol. The van der Waals surface area contributed by atoms with Gasteiger partial charge in [-0.1, -0.05) is 0 Å². The fourth-order valence-electron chi connectivity index (χ4n) is 1.20. The molecule has 0 amide bonds. The van der Waals surface area contributed by atoms with Crippen LogP contribution in [0.4, 0.5) is 0 Å². The minimum Gasteiger partial charge on any atom is -0.504 e. The van der Waals surface area contributed by atoms with Crippen molar-refractivity contribution in [3.8, 4) is 11.5 Å². The number of rotatable bonds is 4. The van der Waals surface area contributed by atoms with Gasteiger partial charge in [0.1, 0.15) is 0 Å². The lowest BCUT2D eigenvalue weighted by Gasteiger charge is -2.09. The monoisotopic (exact) mass is 209 g/mol. The van der Waals surface area contributed by atoms with Crippen molar-refractivity contribution in [1.82, 2.24) is 0 Å². The van der Waals surface area contributed by atoms with Crippen LogP contribution in [0.2, 0.25) is 0 Å². The molecule has 0 aliphatic rings. The summed E-state index contributed by atoms with van der Waals surface area (Å²) in [6.07, 6.45) is 0. The highest BCUT2D eigenvalue weighted by Gasteiger charge is 2.13. The molecule has 0 bridgehead atoms. The van der Waals surface area contributed by atoms with Crippen LogP contribution in [0.25, 0.3) is 0 Å². The number of hydrogen-bond acceptors (Lipinski definition) is 4. The van der Waals surface area contributed by atoms with Crippen LogP contribution in [0.5, 0.6) is 11.5 Å². The summed E-state index contributed by atoms with van der Waals surface area (Å²) in [6.45, 7) is 3.86. The zero-order valence-electron chi connectivity index (χ0n) is 8.86. The number of nitrogens with two attached hydrogens (primary N) is 1. The van der Waals surface area contributed by atoms with E-state index in [1.54, 1.807) is 13.8 Å². The third kappa shape index (κ3) is 2.70. The molecule has 0 saturated carbocycles. The Hall–Kier alpha value is -1.55. The number of phenolic OH excluding ortho intramolecular Hbond substituents is 1. The number of benzene rings is 1. The molecule has 0 aliphatic heterocycles. The molecule has 4 nitrogen and oxygen atoms in total. The molecule has 1 aromatic rings. The number of carbonyl (C=O) groups is 1. The molecule has 1 unspecified atom stereocenters. The Morgan fingerprint density at radius 2 is 2.27 bits per heavy atom.